The zero-order valence-corrected chi connectivity index (χ0v) is 15.6. The first-order valence-corrected chi connectivity index (χ1v) is 8.71. The Kier molecular flexibility index (Phi) is 6.50. The van der Waals surface area contributed by atoms with Crippen LogP contribution in [0.2, 0.25) is 0 Å². The Hall–Kier alpha value is -2.69. The van der Waals surface area contributed by atoms with Crippen molar-refractivity contribution < 1.29 is 14.0 Å². The van der Waals surface area contributed by atoms with Crippen LogP contribution in [0.15, 0.2) is 42.5 Å². The SMILES string of the molecule is Cc1cc(F)ccc1NC(=O)[C@H](CC(C)C)NC(=O)c1ccccc1C. The summed E-state index contributed by atoms with van der Waals surface area (Å²) in [6.45, 7) is 7.56. The largest absolute Gasteiger partial charge is 0.340 e. The summed E-state index contributed by atoms with van der Waals surface area (Å²) < 4.78 is 13.2. The van der Waals surface area contributed by atoms with Crippen molar-refractivity contribution in [2.75, 3.05) is 5.32 Å². The second kappa shape index (κ2) is 8.61. The minimum Gasteiger partial charge on any atom is -0.340 e. The third-order valence-corrected chi connectivity index (χ3v) is 4.16. The maximum atomic E-state index is 13.2. The summed E-state index contributed by atoms with van der Waals surface area (Å²) in [5.74, 6) is -0.723. The molecule has 0 aliphatic carbocycles. The van der Waals surface area contributed by atoms with E-state index in [2.05, 4.69) is 10.6 Å². The molecule has 2 aromatic carbocycles. The third-order valence-electron chi connectivity index (χ3n) is 4.16. The monoisotopic (exact) mass is 356 g/mol. The van der Waals surface area contributed by atoms with Crippen LogP contribution in [0.3, 0.4) is 0 Å². The highest BCUT2D eigenvalue weighted by Gasteiger charge is 2.23. The molecule has 0 aromatic heterocycles. The molecule has 0 aliphatic rings. The molecule has 26 heavy (non-hydrogen) atoms. The molecular formula is C21H25FN2O2. The Labute approximate surface area is 153 Å². The topological polar surface area (TPSA) is 58.2 Å². The van der Waals surface area contributed by atoms with E-state index in [4.69, 9.17) is 0 Å². The van der Waals surface area contributed by atoms with Crippen molar-refractivity contribution in [3.05, 3.63) is 65.0 Å². The lowest BCUT2D eigenvalue weighted by atomic mass is 10.0. The predicted molar refractivity (Wildman–Crippen MR) is 102 cm³/mol. The number of anilines is 1. The van der Waals surface area contributed by atoms with Crippen molar-refractivity contribution in [2.45, 2.75) is 40.2 Å². The van der Waals surface area contributed by atoms with Gasteiger partial charge in [-0.05, 0) is 61.6 Å². The molecule has 2 aromatic rings. The molecule has 0 fully saturated rings. The average molecular weight is 356 g/mol. The van der Waals surface area contributed by atoms with Gasteiger partial charge in [-0.3, -0.25) is 9.59 Å². The summed E-state index contributed by atoms with van der Waals surface area (Å²) in [6.07, 6.45) is 0.504. The summed E-state index contributed by atoms with van der Waals surface area (Å²) in [5, 5.41) is 5.63. The van der Waals surface area contributed by atoms with E-state index < -0.39 is 6.04 Å². The van der Waals surface area contributed by atoms with Crippen molar-refractivity contribution in [2.24, 2.45) is 5.92 Å². The van der Waals surface area contributed by atoms with Crippen LogP contribution in [0.1, 0.15) is 41.8 Å². The van der Waals surface area contributed by atoms with Crippen molar-refractivity contribution in [1.82, 2.24) is 5.32 Å². The van der Waals surface area contributed by atoms with Crippen molar-refractivity contribution in [1.29, 1.82) is 0 Å². The number of aryl methyl sites for hydroxylation is 2. The molecule has 0 heterocycles. The second-order valence-corrected chi connectivity index (χ2v) is 6.92. The first-order valence-electron chi connectivity index (χ1n) is 8.71. The second-order valence-electron chi connectivity index (χ2n) is 6.92. The number of rotatable bonds is 6. The lowest BCUT2D eigenvalue weighted by Gasteiger charge is -2.21. The fourth-order valence-electron chi connectivity index (χ4n) is 2.75. The maximum absolute atomic E-state index is 13.2. The normalized spacial score (nSPS) is 11.9. The molecule has 0 aliphatic heterocycles. The van der Waals surface area contributed by atoms with Gasteiger partial charge in [-0.25, -0.2) is 4.39 Å². The van der Waals surface area contributed by atoms with Crippen LogP contribution in [-0.2, 0) is 4.79 Å². The summed E-state index contributed by atoms with van der Waals surface area (Å²) >= 11 is 0. The molecular weight excluding hydrogens is 331 g/mol. The number of carbonyl (C=O) groups is 2. The van der Waals surface area contributed by atoms with E-state index in [1.165, 1.54) is 18.2 Å². The van der Waals surface area contributed by atoms with E-state index in [1.54, 1.807) is 19.1 Å². The fraction of sp³-hybridized carbons (Fsp3) is 0.333. The highest BCUT2D eigenvalue weighted by Crippen LogP contribution is 2.17. The van der Waals surface area contributed by atoms with E-state index in [9.17, 15) is 14.0 Å². The number of carbonyl (C=O) groups excluding carboxylic acids is 2. The third kappa shape index (κ3) is 5.15. The van der Waals surface area contributed by atoms with Crippen molar-refractivity contribution in [3.8, 4) is 0 Å². The quantitative estimate of drug-likeness (QED) is 0.814. The van der Waals surface area contributed by atoms with Gasteiger partial charge in [0.1, 0.15) is 11.9 Å². The van der Waals surface area contributed by atoms with E-state index in [1.807, 2.05) is 32.9 Å². The zero-order chi connectivity index (χ0) is 19.3. The lowest BCUT2D eigenvalue weighted by Crippen LogP contribution is -2.44. The summed E-state index contributed by atoms with van der Waals surface area (Å²) in [5.41, 5.74) is 2.57. The highest BCUT2D eigenvalue weighted by atomic mass is 19.1. The Balaban J connectivity index is 2.16. The Bertz CT molecular complexity index is 802. The summed E-state index contributed by atoms with van der Waals surface area (Å²) in [7, 11) is 0. The molecule has 2 N–H and O–H groups in total. The molecule has 138 valence electrons. The van der Waals surface area contributed by atoms with Gasteiger partial charge in [-0.2, -0.15) is 0 Å². The molecule has 0 spiro atoms. The van der Waals surface area contributed by atoms with Gasteiger partial charge >= 0.3 is 0 Å². The van der Waals surface area contributed by atoms with Gasteiger partial charge < -0.3 is 10.6 Å². The summed E-state index contributed by atoms with van der Waals surface area (Å²) in [6, 6.07) is 10.8. The first-order chi connectivity index (χ1) is 12.3. The average Bonchev–Trinajstić information content (AvgIpc) is 2.56. The highest BCUT2D eigenvalue weighted by molar-refractivity contribution is 6.02. The standard InChI is InChI=1S/C21H25FN2O2/c1-13(2)11-19(24-20(25)17-8-6-5-7-14(17)3)21(26)23-18-10-9-16(22)12-15(18)4/h5-10,12-13,19H,11H2,1-4H3,(H,23,26)(H,24,25)/t19-/m0/s1. The van der Waals surface area contributed by atoms with Gasteiger partial charge in [0.05, 0.1) is 0 Å². The maximum Gasteiger partial charge on any atom is 0.252 e. The number of halogens is 1. The molecule has 4 nitrogen and oxygen atoms in total. The van der Waals surface area contributed by atoms with Crippen LogP contribution in [0.25, 0.3) is 0 Å². The summed E-state index contributed by atoms with van der Waals surface area (Å²) in [4.78, 5) is 25.3. The molecule has 1 atom stereocenters. The van der Waals surface area contributed by atoms with Crippen LogP contribution in [0.4, 0.5) is 10.1 Å². The predicted octanol–water partition coefficient (Wildman–Crippen LogP) is 4.23. The molecule has 5 heteroatoms. The van der Waals surface area contributed by atoms with Gasteiger partial charge in [-0.1, -0.05) is 32.0 Å². The van der Waals surface area contributed by atoms with Gasteiger partial charge in [0, 0.05) is 11.3 Å². The molecule has 0 bridgehead atoms. The minimum absolute atomic E-state index is 0.220. The molecule has 2 amide bonds. The van der Waals surface area contributed by atoms with E-state index in [-0.39, 0.29) is 23.5 Å². The number of benzene rings is 2. The number of hydrogen-bond acceptors (Lipinski definition) is 2. The molecule has 0 saturated heterocycles. The van der Waals surface area contributed by atoms with Gasteiger partial charge in [-0.15, -0.1) is 0 Å². The Morgan fingerprint density at radius 3 is 2.35 bits per heavy atom. The van der Waals surface area contributed by atoms with E-state index in [0.717, 1.165) is 5.56 Å². The van der Waals surface area contributed by atoms with Gasteiger partial charge in [0.2, 0.25) is 5.91 Å². The minimum atomic E-state index is -0.674. The van der Waals surface area contributed by atoms with E-state index >= 15 is 0 Å². The Morgan fingerprint density at radius 2 is 1.73 bits per heavy atom. The molecule has 0 unspecified atom stereocenters. The fourth-order valence-corrected chi connectivity index (χ4v) is 2.75. The van der Waals surface area contributed by atoms with Crippen LogP contribution < -0.4 is 10.6 Å². The number of nitrogens with one attached hydrogen (secondary N) is 2. The van der Waals surface area contributed by atoms with Crippen LogP contribution in [-0.4, -0.2) is 17.9 Å². The van der Waals surface area contributed by atoms with Crippen LogP contribution in [0, 0.1) is 25.6 Å². The first kappa shape index (κ1) is 19.6. The lowest BCUT2D eigenvalue weighted by molar-refractivity contribution is -0.118. The van der Waals surface area contributed by atoms with E-state index in [0.29, 0.717) is 23.2 Å². The Morgan fingerprint density at radius 1 is 1.04 bits per heavy atom. The van der Waals surface area contributed by atoms with Crippen molar-refractivity contribution >= 4 is 17.5 Å². The molecule has 0 saturated carbocycles. The zero-order valence-electron chi connectivity index (χ0n) is 15.6. The van der Waals surface area contributed by atoms with Gasteiger partial charge in [0.25, 0.3) is 5.91 Å². The van der Waals surface area contributed by atoms with Crippen molar-refractivity contribution in [3.63, 3.8) is 0 Å². The van der Waals surface area contributed by atoms with Crippen LogP contribution in [0.5, 0.6) is 0 Å². The number of hydrogen-bond donors (Lipinski definition) is 2. The molecule has 2 rings (SSSR count). The molecule has 0 radical (unpaired) electrons. The van der Waals surface area contributed by atoms with Gasteiger partial charge in [0.15, 0.2) is 0 Å². The van der Waals surface area contributed by atoms with Crippen LogP contribution >= 0.6 is 0 Å². The smallest absolute Gasteiger partial charge is 0.252 e. The number of amides is 2.